The van der Waals surface area contributed by atoms with Crippen molar-refractivity contribution in [1.82, 2.24) is 0 Å². The molecule has 6 nitrogen and oxygen atoms in total. The van der Waals surface area contributed by atoms with Crippen LogP contribution in [0.4, 0.5) is 0 Å². The first-order valence-electron chi connectivity index (χ1n) is 30.9. The number of carbonyl (C=O) groups excluding carboxylic acids is 3. The molecule has 0 amide bonds. The minimum Gasteiger partial charge on any atom is -0.462 e. The second-order valence-corrected chi connectivity index (χ2v) is 20.2. The van der Waals surface area contributed by atoms with E-state index in [0.29, 0.717) is 19.3 Å². The van der Waals surface area contributed by atoms with Crippen molar-refractivity contribution in [3.8, 4) is 0 Å². The van der Waals surface area contributed by atoms with Crippen molar-refractivity contribution in [1.29, 1.82) is 0 Å². The summed E-state index contributed by atoms with van der Waals surface area (Å²) in [5, 5.41) is 0. The van der Waals surface area contributed by atoms with Crippen molar-refractivity contribution in [3.63, 3.8) is 0 Å². The van der Waals surface area contributed by atoms with Gasteiger partial charge in [-0.05, 0) is 109 Å². The first kappa shape index (κ1) is 70.1. The van der Waals surface area contributed by atoms with Gasteiger partial charge in [-0.15, -0.1) is 0 Å². The molecule has 0 aromatic heterocycles. The van der Waals surface area contributed by atoms with Gasteiger partial charge in [0, 0.05) is 19.3 Å². The summed E-state index contributed by atoms with van der Waals surface area (Å²) in [4.78, 5) is 38.2. The average molecular weight is 1030 g/mol. The number of allylic oxidation sites excluding steroid dienone is 18. The maximum atomic E-state index is 12.9. The molecule has 6 heteroatoms. The smallest absolute Gasteiger partial charge is 0.306 e. The Morgan fingerprint density at radius 3 is 0.851 bits per heavy atom. The monoisotopic (exact) mass is 1030 g/mol. The Hall–Kier alpha value is -3.93. The third kappa shape index (κ3) is 59.0. The highest BCUT2D eigenvalue weighted by molar-refractivity contribution is 5.71. The van der Waals surface area contributed by atoms with Crippen LogP contribution >= 0.6 is 0 Å². The van der Waals surface area contributed by atoms with Gasteiger partial charge in [0.2, 0.25) is 0 Å². The molecule has 0 aliphatic carbocycles. The summed E-state index contributed by atoms with van der Waals surface area (Å²) >= 11 is 0. The Morgan fingerprint density at radius 2 is 0.527 bits per heavy atom. The molecule has 0 aromatic rings. The molecule has 0 N–H and O–H groups in total. The molecule has 0 saturated carbocycles. The predicted octanol–water partition coefficient (Wildman–Crippen LogP) is 21.0. The molecule has 0 aliphatic rings. The van der Waals surface area contributed by atoms with E-state index in [1.54, 1.807) is 0 Å². The summed E-state index contributed by atoms with van der Waals surface area (Å²) < 4.78 is 16.9. The zero-order valence-electron chi connectivity index (χ0n) is 48.3. The molecule has 0 bridgehead atoms. The maximum absolute atomic E-state index is 12.9. The molecular formula is C68H114O6. The average Bonchev–Trinajstić information content (AvgIpc) is 3.40. The molecular weight excluding hydrogens is 913 g/mol. The fourth-order valence-corrected chi connectivity index (χ4v) is 8.39. The lowest BCUT2D eigenvalue weighted by Gasteiger charge is -2.18. The molecule has 0 rings (SSSR count). The van der Waals surface area contributed by atoms with E-state index in [-0.39, 0.29) is 31.1 Å². The Labute approximate surface area is 457 Å². The second-order valence-electron chi connectivity index (χ2n) is 20.2. The summed E-state index contributed by atoms with van der Waals surface area (Å²) in [5.41, 5.74) is 0. The normalized spacial score (nSPS) is 12.9. The van der Waals surface area contributed by atoms with Crippen molar-refractivity contribution in [2.45, 2.75) is 290 Å². The molecule has 0 aromatic carbocycles. The Kier molecular flexibility index (Phi) is 58.3. The van der Waals surface area contributed by atoms with Crippen molar-refractivity contribution in [2.75, 3.05) is 13.2 Å². The summed E-state index contributed by atoms with van der Waals surface area (Å²) in [6.45, 7) is 6.49. The van der Waals surface area contributed by atoms with E-state index >= 15 is 0 Å². The molecule has 0 fully saturated rings. The van der Waals surface area contributed by atoms with E-state index in [1.165, 1.54) is 122 Å². The second kappa shape index (κ2) is 61.6. The van der Waals surface area contributed by atoms with E-state index in [4.69, 9.17) is 14.2 Å². The van der Waals surface area contributed by atoms with Gasteiger partial charge in [-0.2, -0.15) is 0 Å². The quantitative estimate of drug-likeness (QED) is 0.0261. The molecule has 0 saturated heterocycles. The van der Waals surface area contributed by atoms with Crippen molar-refractivity contribution < 1.29 is 28.6 Å². The van der Waals surface area contributed by atoms with Crippen LogP contribution in [0.1, 0.15) is 284 Å². The van der Waals surface area contributed by atoms with Gasteiger partial charge in [0.25, 0.3) is 0 Å². The molecule has 74 heavy (non-hydrogen) atoms. The largest absolute Gasteiger partial charge is 0.462 e. The molecule has 0 aliphatic heterocycles. The summed E-state index contributed by atoms with van der Waals surface area (Å²) in [7, 11) is 0. The van der Waals surface area contributed by atoms with Crippen LogP contribution in [0.3, 0.4) is 0 Å². The highest BCUT2D eigenvalue weighted by atomic mass is 16.6. The summed E-state index contributed by atoms with van der Waals surface area (Å²) in [6, 6.07) is 0. The number of carbonyl (C=O) groups is 3. The van der Waals surface area contributed by atoms with Gasteiger partial charge in [0.15, 0.2) is 6.10 Å². The molecule has 0 spiro atoms. The molecule has 0 heterocycles. The van der Waals surface area contributed by atoms with E-state index < -0.39 is 6.10 Å². The van der Waals surface area contributed by atoms with E-state index in [2.05, 4.69) is 130 Å². The zero-order valence-corrected chi connectivity index (χ0v) is 48.3. The van der Waals surface area contributed by atoms with E-state index in [0.717, 1.165) is 122 Å². The van der Waals surface area contributed by atoms with Gasteiger partial charge in [0.1, 0.15) is 13.2 Å². The maximum Gasteiger partial charge on any atom is 0.306 e. The standard InChI is InChI=1S/C68H114O6/c1-4-7-10-13-16-19-22-25-27-29-31-32-33-34-35-36-37-39-40-43-46-49-52-55-58-61-67(70)73-64-65(63-72-66(69)60-57-54-51-48-45-42-24-21-18-15-12-9-6-3)74-68(71)62-59-56-53-50-47-44-41-38-30-28-26-23-20-17-14-11-8-5-2/h7,10,16,19-20,23,25,27-28,30-32,34-35,37,39,43,46,65H,4-6,8-9,11-15,17-18,21-22,24,26,29,33,36,38,40-42,44-45,47-64H2,1-3H3/b10-7-,19-16-,23-20-,27-25-,30-28-,32-31-,35-34-,39-37-,46-43-. The lowest BCUT2D eigenvalue weighted by atomic mass is 10.0. The van der Waals surface area contributed by atoms with Gasteiger partial charge in [0.05, 0.1) is 0 Å². The Balaban J connectivity index is 4.43. The first-order valence-corrected chi connectivity index (χ1v) is 30.9. The minimum absolute atomic E-state index is 0.0911. The number of esters is 3. The van der Waals surface area contributed by atoms with Crippen molar-refractivity contribution >= 4 is 17.9 Å². The topological polar surface area (TPSA) is 78.9 Å². The fraction of sp³-hybridized carbons (Fsp3) is 0.691. The van der Waals surface area contributed by atoms with Crippen molar-refractivity contribution in [3.05, 3.63) is 109 Å². The van der Waals surface area contributed by atoms with Crippen LogP contribution in [0.2, 0.25) is 0 Å². The van der Waals surface area contributed by atoms with Gasteiger partial charge in [-0.25, -0.2) is 0 Å². The van der Waals surface area contributed by atoms with Gasteiger partial charge in [-0.3, -0.25) is 14.4 Å². The number of hydrogen-bond acceptors (Lipinski definition) is 6. The highest BCUT2D eigenvalue weighted by Crippen LogP contribution is 2.15. The third-order valence-electron chi connectivity index (χ3n) is 13.0. The van der Waals surface area contributed by atoms with Gasteiger partial charge in [-0.1, -0.05) is 265 Å². The molecule has 422 valence electrons. The van der Waals surface area contributed by atoms with Crippen LogP contribution in [0.15, 0.2) is 109 Å². The summed E-state index contributed by atoms with van der Waals surface area (Å²) in [5.74, 6) is -0.927. The highest BCUT2D eigenvalue weighted by Gasteiger charge is 2.19. The van der Waals surface area contributed by atoms with Crippen LogP contribution in [-0.4, -0.2) is 37.2 Å². The number of rotatable bonds is 55. The summed E-state index contributed by atoms with van der Waals surface area (Å²) in [6.07, 6.45) is 83.7. The van der Waals surface area contributed by atoms with Crippen LogP contribution in [-0.2, 0) is 28.6 Å². The molecule has 1 unspecified atom stereocenters. The van der Waals surface area contributed by atoms with Crippen molar-refractivity contribution in [2.24, 2.45) is 0 Å². The Bertz CT molecular complexity index is 1510. The molecule has 0 radical (unpaired) electrons. The first-order chi connectivity index (χ1) is 36.5. The van der Waals surface area contributed by atoms with Gasteiger partial charge >= 0.3 is 17.9 Å². The minimum atomic E-state index is -0.797. The van der Waals surface area contributed by atoms with Crippen LogP contribution in [0, 0.1) is 0 Å². The zero-order chi connectivity index (χ0) is 53.6. The SMILES string of the molecule is CC/C=C\C/C=C\C/C=C\C/C=C\C/C=C\C/C=C\C/C=C\CCCCCC(=O)OCC(COC(=O)CCCCCCCCCCCCCCC)OC(=O)CCCCCCCCC/C=C\C/C=C\CCCCCC. The van der Waals surface area contributed by atoms with Crippen LogP contribution in [0.5, 0.6) is 0 Å². The van der Waals surface area contributed by atoms with E-state index in [1.807, 2.05) is 0 Å². The Morgan fingerprint density at radius 1 is 0.284 bits per heavy atom. The predicted molar refractivity (Wildman–Crippen MR) is 320 cm³/mol. The number of hydrogen-bond donors (Lipinski definition) is 0. The molecule has 1 atom stereocenters. The van der Waals surface area contributed by atoms with Crippen LogP contribution in [0.25, 0.3) is 0 Å². The lowest BCUT2D eigenvalue weighted by Crippen LogP contribution is -2.30. The fourth-order valence-electron chi connectivity index (χ4n) is 8.39. The van der Waals surface area contributed by atoms with E-state index in [9.17, 15) is 14.4 Å². The van der Waals surface area contributed by atoms with Gasteiger partial charge < -0.3 is 14.2 Å². The third-order valence-corrected chi connectivity index (χ3v) is 13.0. The van der Waals surface area contributed by atoms with Crippen LogP contribution < -0.4 is 0 Å². The number of ether oxygens (including phenoxy) is 3. The number of unbranched alkanes of at least 4 members (excludes halogenated alkanes) is 26. The lowest BCUT2D eigenvalue weighted by molar-refractivity contribution is -0.167.